The number of hydrogen-bond acceptors (Lipinski definition) is 3. The zero-order chi connectivity index (χ0) is 17.1. The number of pyridine rings is 1. The summed E-state index contributed by atoms with van der Waals surface area (Å²) in [6.07, 6.45) is 3.56. The van der Waals surface area contributed by atoms with Crippen molar-refractivity contribution in [1.29, 1.82) is 0 Å². The average Bonchev–Trinajstić information content (AvgIpc) is 3.16. The Morgan fingerprint density at radius 3 is 2.36 bits per heavy atom. The maximum absolute atomic E-state index is 4.87. The lowest BCUT2D eigenvalue weighted by atomic mass is 10.0. The van der Waals surface area contributed by atoms with Crippen molar-refractivity contribution in [3.05, 3.63) is 84.7 Å². The molecule has 2 N–H and O–H groups in total. The number of aromatic amines is 1. The number of aryl methyl sites for hydroxylation is 1. The second kappa shape index (κ2) is 6.61. The third-order valence-electron chi connectivity index (χ3n) is 4.09. The number of aromatic nitrogens is 3. The molecule has 2 aromatic carbocycles. The van der Waals surface area contributed by atoms with Crippen LogP contribution in [0.25, 0.3) is 22.4 Å². The summed E-state index contributed by atoms with van der Waals surface area (Å²) in [5.74, 6) is 0.811. The summed E-state index contributed by atoms with van der Waals surface area (Å²) >= 11 is 0. The van der Waals surface area contributed by atoms with E-state index in [9.17, 15) is 0 Å². The first kappa shape index (κ1) is 15.1. The Morgan fingerprint density at radius 2 is 1.64 bits per heavy atom. The highest BCUT2D eigenvalue weighted by molar-refractivity contribution is 5.80. The van der Waals surface area contributed by atoms with Gasteiger partial charge in [0.05, 0.1) is 17.6 Å². The van der Waals surface area contributed by atoms with Crippen LogP contribution in [0.4, 0.5) is 11.5 Å². The van der Waals surface area contributed by atoms with Gasteiger partial charge in [-0.05, 0) is 24.6 Å². The van der Waals surface area contributed by atoms with Gasteiger partial charge in [-0.15, -0.1) is 0 Å². The minimum absolute atomic E-state index is 0.811. The van der Waals surface area contributed by atoms with Crippen molar-refractivity contribution >= 4 is 11.5 Å². The lowest BCUT2D eigenvalue weighted by molar-refractivity contribution is 1.09. The topological polar surface area (TPSA) is 53.6 Å². The molecule has 0 saturated carbocycles. The van der Waals surface area contributed by atoms with Gasteiger partial charge in [-0.2, -0.15) is 5.10 Å². The van der Waals surface area contributed by atoms with Crippen LogP contribution in [-0.4, -0.2) is 15.2 Å². The number of benzene rings is 2. The number of nitrogens with one attached hydrogen (secondary N) is 2. The number of H-pyrrole nitrogens is 1. The van der Waals surface area contributed by atoms with Gasteiger partial charge in [0.2, 0.25) is 0 Å². The zero-order valence-electron chi connectivity index (χ0n) is 13.9. The van der Waals surface area contributed by atoms with Crippen LogP contribution in [0.1, 0.15) is 5.56 Å². The summed E-state index contributed by atoms with van der Waals surface area (Å²) in [5, 5.41) is 10.2. The SMILES string of the molecule is Cc1ccc(-c2ccc(-c3ccccc3)c(Nc3cn[nH]c3)n2)cc1. The van der Waals surface area contributed by atoms with E-state index in [1.54, 1.807) is 6.20 Å². The second-order valence-corrected chi connectivity index (χ2v) is 5.94. The molecular weight excluding hydrogens is 308 g/mol. The van der Waals surface area contributed by atoms with E-state index in [0.717, 1.165) is 33.9 Å². The molecule has 0 fully saturated rings. The van der Waals surface area contributed by atoms with Crippen molar-refractivity contribution in [2.24, 2.45) is 0 Å². The molecular formula is C21H18N4. The highest BCUT2D eigenvalue weighted by Crippen LogP contribution is 2.31. The largest absolute Gasteiger partial charge is 0.337 e. The molecule has 4 rings (SSSR count). The van der Waals surface area contributed by atoms with Gasteiger partial charge in [0.1, 0.15) is 5.82 Å². The van der Waals surface area contributed by atoms with E-state index in [4.69, 9.17) is 4.98 Å². The molecule has 2 heterocycles. The van der Waals surface area contributed by atoms with Crippen LogP contribution in [-0.2, 0) is 0 Å². The van der Waals surface area contributed by atoms with Crippen LogP contribution in [0.2, 0.25) is 0 Å². The number of hydrogen-bond donors (Lipinski definition) is 2. The van der Waals surface area contributed by atoms with Crippen molar-refractivity contribution in [3.63, 3.8) is 0 Å². The van der Waals surface area contributed by atoms with Crippen LogP contribution < -0.4 is 5.32 Å². The average molecular weight is 326 g/mol. The minimum Gasteiger partial charge on any atom is -0.337 e. The van der Waals surface area contributed by atoms with Crippen LogP contribution in [0.15, 0.2) is 79.1 Å². The first-order valence-electron chi connectivity index (χ1n) is 8.19. The fraction of sp³-hybridized carbons (Fsp3) is 0.0476. The lowest BCUT2D eigenvalue weighted by Crippen LogP contribution is -1.97. The summed E-state index contributed by atoms with van der Waals surface area (Å²) in [6.45, 7) is 2.08. The van der Waals surface area contributed by atoms with Crippen molar-refractivity contribution in [2.75, 3.05) is 5.32 Å². The fourth-order valence-corrected chi connectivity index (χ4v) is 2.75. The summed E-state index contributed by atoms with van der Waals surface area (Å²) < 4.78 is 0. The van der Waals surface area contributed by atoms with E-state index in [0.29, 0.717) is 0 Å². The Bertz CT molecular complexity index is 959. The molecule has 0 bridgehead atoms. The van der Waals surface area contributed by atoms with Crippen LogP contribution in [0, 0.1) is 6.92 Å². The Kier molecular flexibility index (Phi) is 4.01. The molecule has 0 aliphatic rings. The Hall–Kier alpha value is -3.40. The molecule has 0 spiro atoms. The molecule has 0 amide bonds. The molecule has 25 heavy (non-hydrogen) atoms. The smallest absolute Gasteiger partial charge is 0.139 e. The molecule has 4 aromatic rings. The zero-order valence-corrected chi connectivity index (χ0v) is 13.9. The van der Waals surface area contributed by atoms with Gasteiger partial charge in [-0.25, -0.2) is 4.98 Å². The normalized spacial score (nSPS) is 10.6. The van der Waals surface area contributed by atoms with Gasteiger partial charge in [0, 0.05) is 17.3 Å². The van der Waals surface area contributed by atoms with E-state index in [1.807, 2.05) is 24.4 Å². The summed E-state index contributed by atoms with van der Waals surface area (Å²) in [6, 6.07) is 22.8. The summed E-state index contributed by atoms with van der Waals surface area (Å²) in [4.78, 5) is 4.87. The molecule has 0 aliphatic carbocycles. The van der Waals surface area contributed by atoms with E-state index in [2.05, 4.69) is 71.0 Å². The van der Waals surface area contributed by atoms with Gasteiger partial charge in [-0.3, -0.25) is 5.10 Å². The van der Waals surface area contributed by atoms with Crippen molar-refractivity contribution < 1.29 is 0 Å². The van der Waals surface area contributed by atoms with Crippen LogP contribution >= 0.6 is 0 Å². The molecule has 0 unspecified atom stereocenters. The van der Waals surface area contributed by atoms with Gasteiger partial charge in [0.15, 0.2) is 0 Å². The number of rotatable bonds is 4. The predicted octanol–water partition coefficient (Wildman–Crippen LogP) is 5.19. The van der Waals surface area contributed by atoms with E-state index < -0.39 is 0 Å². The van der Waals surface area contributed by atoms with Crippen LogP contribution in [0.5, 0.6) is 0 Å². The Morgan fingerprint density at radius 1 is 0.840 bits per heavy atom. The molecule has 0 aliphatic heterocycles. The summed E-state index contributed by atoms with van der Waals surface area (Å²) in [7, 11) is 0. The van der Waals surface area contributed by atoms with Crippen LogP contribution in [0.3, 0.4) is 0 Å². The molecule has 122 valence electrons. The van der Waals surface area contributed by atoms with Crippen molar-refractivity contribution in [2.45, 2.75) is 6.92 Å². The highest BCUT2D eigenvalue weighted by atomic mass is 15.1. The van der Waals surface area contributed by atoms with Gasteiger partial charge in [0.25, 0.3) is 0 Å². The van der Waals surface area contributed by atoms with E-state index in [1.165, 1.54) is 5.56 Å². The Balaban J connectivity index is 1.80. The maximum Gasteiger partial charge on any atom is 0.139 e. The maximum atomic E-state index is 4.87. The Labute approximate surface area is 146 Å². The molecule has 0 atom stereocenters. The highest BCUT2D eigenvalue weighted by Gasteiger charge is 2.10. The monoisotopic (exact) mass is 326 g/mol. The van der Waals surface area contributed by atoms with Gasteiger partial charge >= 0.3 is 0 Å². The lowest BCUT2D eigenvalue weighted by Gasteiger charge is -2.12. The second-order valence-electron chi connectivity index (χ2n) is 5.94. The third-order valence-corrected chi connectivity index (χ3v) is 4.09. The quantitative estimate of drug-likeness (QED) is 0.542. The first-order chi connectivity index (χ1) is 12.3. The van der Waals surface area contributed by atoms with Gasteiger partial charge < -0.3 is 5.32 Å². The van der Waals surface area contributed by atoms with E-state index in [-0.39, 0.29) is 0 Å². The molecule has 2 aromatic heterocycles. The molecule has 4 nitrogen and oxygen atoms in total. The van der Waals surface area contributed by atoms with Crippen molar-refractivity contribution in [1.82, 2.24) is 15.2 Å². The summed E-state index contributed by atoms with van der Waals surface area (Å²) in [5.41, 5.74) is 6.33. The fourth-order valence-electron chi connectivity index (χ4n) is 2.75. The van der Waals surface area contributed by atoms with Gasteiger partial charge in [-0.1, -0.05) is 60.2 Å². The first-order valence-corrected chi connectivity index (χ1v) is 8.19. The van der Waals surface area contributed by atoms with E-state index >= 15 is 0 Å². The predicted molar refractivity (Wildman–Crippen MR) is 102 cm³/mol. The number of anilines is 2. The molecule has 4 heteroatoms. The van der Waals surface area contributed by atoms with Crippen molar-refractivity contribution in [3.8, 4) is 22.4 Å². The minimum atomic E-state index is 0.811. The molecule has 0 radical (unpaired) electrons. The molecule has 0 saturated heterocycles. The third kappa shape index (κ3) is 3.28. The number of nitrogens with zero attached hydrogens (tertiary/aromatic N) is 2. The standard InChI is InChI=1S/C21H18N4/c1-15-7-9-17(10-8-15)20-12-11-19(16-5-3-2-4-6-16)21(25-20)24-18-13-22-23-14-18/h2-14H,1H3,(H,22,23)(H,24,25).